The molecule has 1 saturated heterocycles. The van der Waals surface area contributed by atoms with E-state index >= 15 is 0 Å². The molecule has 0 saturated carbocycles. The van der Waals surface area contributed by atoms with Gasteiger partial charge in [-0.2, -0.15) is 0 Å². The maximum absolute atomic E-state index is 5.63. The van der Waals surface area contributed by atoms with Crippen molar-refractivity contribution in [1.82, 2.24) is 5.32 Å². The fourth-order valence-electron chi connectivity index (χ4n) is 1.73. The van der Waals surface area contributed by atoms with Crippen LogP contribution in [0.3, 0.4) is 0 Å². The first-order valence-electron chi connectivity index (χ1n) is 5.59. The monoisotopic (exact) mass is 201 g/mol. The molecule has 1 aliphatic heterocycles. The van der Waals surface area contributed by atoms with Crippen LogP contribution in [-0.2, 0) is 9.47 Å². The molecule has 1 aliphatic rings. The number of nitrogens with one attached hydrogen (secondary N) is 1. The average Bonchev–Trinajstić information content (AvgIpc) is 2.17. The predicted molar refractivity (Wildman–Crippen MR) is 57.5 cm³/mol. The Labute approximate surface area is 87.2 Å². The Hall–Kier alpha value is -0.120. The quantitative estimate of drug-likeness (QED) is 0.732. The fraction of sp³-hybridized carbons (Fsp3) is 1.00. The molecule has 0 aliphatic carbocycles. The minimum atomic E-state index is -0.0486. The van der Waals surface area contributed by atoms with Gasteiger partial charge in [-0.25, -0.2) is 0 Å². The Morgan fingerprint density at radius 2 is 2.00 bits per heavy atom. The van der Waals surface area contributed by atoms with Crippen LogP contribution in [0.4, 0.5) is 0 Å². The van der Waals surface area contributed by atoms with Crippen molar-refractivity contribution in [2.24, 2.45) is 0 Å². The molecule has 0 spiro atoms. The summed E-state index contributed by atoms with van der Waals surface area (Å²) >= 11 is 0. The molecule has 1 N–H and O–H groups in total. The smallest absolute Gasteiger partial charge is 0.0750 e. The summed E-state index contributed by atoms with van der Waals surface area (Å²) in [6.45, 7) is 9.79. The summed E-state index contributed by atoms with van der Waals surface area (Å²) in [5, 5.41) is 3.54. The molecular formula is C11H23NO2. The first-order chi connectivity index (χ1) is 6.64. The van der Waals surface area contributed by atoms with Crippen LogP contribution >= 0.6 is 0 Å². The number of hydrogen-bond donors (Lipinski definition) is 1. The SMILES string of the molecule is CCOC(C)(C)CNC1CCOCC1. The first kappa shape index (κ1) is 12.0. The molecule has 0 bridgehead atoms. The molecule has 0 radical (unpaired) electrons. The van der Waals surface area contributed by atoms with E-state index in [2.05, 4.69) is 19.2 Å². The summed E-state index contributed by atoms with van der Waals surface area (Å²) in [6, 6.07) is 0.614. The highest BCUT2D eigenvalue weighted by molar-refractivity contribution is 4.77. The topological polar surface area (TPSA) is 30.5 Å². The van der Waals surface area contributed by atoms with Gasteiger partial charge in [0.25, 0.3) is 0 Å². The van der Waals surface area contributed by atoms with Gasteiger partial charge in [-0.1, -0.05) is 0 Å². The normalized spacial score (nSPS) is 19.9. The summed E-state index contributed by atoms with van der Waals surface area (Å²) in [7, 11) is 0. The summed E-state index contributed by atoms with van der Waals surface area (Å²) in [6.07, 6.45) is 2.25. The molecule has 1 fully saturated rings. The Morgan fingerprint density at radius 3 is 2.57 bits per heavy atom. The lowest BCUT2D eigenvalue weighted by atomic mass is 10.1. The zero-order chi connectivity index (χ0) is 10.4. The van der Waals surface area contributed by atoms with Gasteiger partial charge >= 0.3 is 0 Å². The van der Waals surface area contributed by atoms with Gasteiger partial charge in [0.2, 0.25) is 0 Å². The lowest BCUT2D eigenvalue weighted by Gasteiger charge is -2.30. The Kier molecular flexibility index (Phi) is 4.85. The maximum Gasteiger partial charge on any atom is 0.0750 e. The van der Waals surface area contributed by atoms with E-state index in [0.29, 0.717) is 6.04 Å². The third kappa shape index (κ3) is 4.40. The minimum Gasteiger partial charge on any atom is -0.381 e. The molecule has 0 amide bonds. The Bertz CT molecular complexity index is 153. The van der Waals surface area contributed by atoms with E-state index in [-0.39, 0.29) is 5.60 Å². The molecule has 0 aromatic rings. The Balaban J connectivity index is 2.17. The highest BCUT2D eigenvalue weighted by Crippen LogP contribution is 2.10. The zero-order valence-electron chi connectivity index (χ0n) is 9.64. The molecule has 0 unspecified atom stereocenters. The van der Waals surface area contributed by atoms with Gasteiger partial charge < -0.3 is 14.8 Å². The second-order valence-electron chi connectivity index (χ2n) is 4.46. The molecule has 0 aromatic carbocycles. The summed E-state index contributed by atoms with van der Waals surface area (Å²) in [5.41, 5.74) is -0.0486. The lowest BCUT2D eigenvalue weighted by molar-refractivity contribution is -0.0144. The molecular weight excluding hydrogens is 178 g/mol. The zero-order valence-corrected chi connectivity index (χ0v) is 9.64. The van der Waals surface area contributed by atoms with E-state index in [9.17, 15) is 0 Å². The van der Waals surface area contributed by atoms with Crippen LogP contribution in [0.25, 0.3) is 0 Å². The van der Waals surface area contributed by atoms with E-state index in [1.807, 2.05) is 6.92 Å². The van der Waals surface area contributed by atoms with Crippen molar-refractivity contribution in [2.45, 2.75) is 45.3 Å². The fourth-order valence-corrected chi connectivity index (χ4v) is 1.73. The van der Waals surface area contributed by atoms with Crippen molar-refractivity contribution in [3.05, 3.63) is 0 Å². The highest BCUT2D eigenvalue weighted by Gasteiger charge is 2.20. The number of ether oxygens (including phenoxy) is 2. The second-order valence-corrected chi connectivity index (χ2v) is 4.46. The highest BCUT2D eigenvalue weighted by atomic mass is 16.5. The van der Waals surface area contributed by atoms with Gasteiger partial charge in [-0.3, -0.25) is 0 Å². The minimum absolute atomic E-state index is 0.0486. The van der Waals surface area contributed by atoms with Crippen LogP contribution in [-0.4, -0.2) is 38.0 Å². The van der Waals surface area contributed by atoms with Gasteiger partial charge in [-0.05, 0) is 33.6 Å². The molecule has 84 valence electrons. The molecule has 0 atom stereocenters. The third-order valence-corrected chi connectivity index (χ3v) is 2.57. The van der Waals surface area contributed by atoms with E-state index in [1.54, 1.807) is 0 Å². The summed E-state index contributed by atoms with van der Waals surface area (Å²) < 4.78 is 10.9. The van der Waals surface area contributed by atoms with Gasteiger partial charge in [0.05, 0.1) is 5.60 Å². The predicted octanol–water partition coefficient (Wildman–Crippen LogP) is 1.57. The van der Waals surface area contributed by atoms with Crippen LogP contribution in [0.2, 0.25) is 0 Å². The summed E-state index contributed by atoms with van der Waals surface area (Å²) in [4.78, 5) is 0. The van der Waals surface area contributed by atoms with Crippen LogP contribution in [0.1, 0.15) is 33.6 Å². The number of rotatable bonds is 5. The number of hydrogen-bond acceptors (Lipinski definition) is 3. The summed E-state index contributed by atoms with van der Waals surface area (Å²) in [5.74, 6) is 0. The van der Waals surface area contributed by atoms with Crippen LogP contribution in [0, 0.1) is 0 Å². The standard InChI is InChI=1S/C11H23NO2/c1-4-14-11(2,3)9-12-10-5-7-13-8-6-10/h10,12H,4-9H2,1-3H3. The van der Waals surface area contributed by atoms with Crippen LogP contribution in [0.15, 0.2) is 0 Å². The van der Waals surface area contributed by atoms with Crippen LogP contribution in [0.5, 0.6) is 0 Å². The molecule has 14 heavy (non-hydrogen) atoms. The van der Waals surface area contributed by atoms with Crippen molar-refractivity contribution in [3.8, 4) is 0 Å². The van der Waals surface area contributed by atoms with E-state index in [4.69, 9.17) is 9.47 Å². The van der Waals surface area contributed by atoms with Gasteiger partial charge in [-0.15, -0.1) is 0 Å². The van der Waals surface area contributed by atoms with Crippen molar-refractivity contribution < 1.29 is 9.47 Å². The molecule has 1 rings (SSSR count). The molecule has 1 heterocycles. The largest absolute Gasteiger partial charge is 0.381 e. The maximum atomic E-state index is 5.63. The molecule has 3 heteroatoms. The van der Waals surface area contributed by atoms with E-state index in [1.165, 1.54) is 0 Å². The molecule has 3 nitrogen and oxygen atoms in total. The van der Waals surface area contributed by atoms with Crippen molar-refractivity contribution in [2.75, 3.05) is 26.4 Å². The van der Waals surface area contributed by atoms with Gasteiger partial charge in [0, 0.05) is 32.4 Å². The van der Waals surface area contributed by atoms with Gasteiger partial charge in [0.1, 0.15) is 0 Å². The lowest BCUT2D eigenvalue weighted by Crippen LogP contribution is -2.44. The van der Waals surface area contributed by atoms with Crippen molar-refractivity contribution in [3.63, 3.8) is 0 Å². The first-order valence-corrected chi connectivity index (χ1v) is 5.59. The third-order valence-electron chi connectivity index (χ3n) is 2.57. The van der Waals surface area contributed by atoms with Gasteiger partial charge in [0.15, 0.2) is 0 Å². The van der Waals surface area contributed by atoms with Crippen molar-refractivity contribution >= 4 is 0 Å². The average molecular weight is 201 g/mol. The van der Waals surface area contributed by atoms with Crippen LogP contribution < -0.4 is 5.32 Å². The van der Waals surface area contributed by atoms with E-state index < -0.39 is 0 Å². The Morgan fingerprint density at radius 1 is 1.36 bits per heavy atom. The molecule has 0 aromatic heterocycles. The second kappa shape index (κ2) is 5.69. The van der Waals surface area contributed by atoms with Crippen molar-refractivity contribution in [1.29, 1.82) is 0 Å². The van der Waals surface area contributed by atoms with E-state index in [0.717, 1.165) is 39.2 Å².